The first-order chi connectivity index (χ1) is 15.2. The zero-order valence-corrected chi connectivity index (χ0v) is 17.8. The summed E-state index contributed by atoms with van der Waals surface area (Å²) in [5.41, 5.74) is 8.58. The third-order valence-electron chi connectivity index (χ3n) is 7.21. The molecule has 7 rings (SSSR count). The van der Waals surface area contributed by atoms with Gasteiger partial charge < -0.3 is 0 Å². The quantitative estimate of drug-likeness (QED) is 0.226. The standard InChI is InChI=1S/C31H22/c1-18-11-24-13-25-12-19(2)27-15-21-8-4-6-10-23(21)17-29(27)31(25)30(24)28-16-22-9-5-3-7-20(22)14-26(18)28/h3-12,14-17H,13H2,1-2H3. The molecule has 0 aromatic heterocycles. The van der Waals surface area contributed by atoms with Gasteiger partial charge in [-0.1, -0.05) is 60.7 Å². The SMILES string of the molecule is Cc1cc2c(c3cc4ccccc4cc13)-c1c(cc(C)c3cc4ccccc4cc13)C2. The van der Waals surface area contributed by atoms with Gasteiger partial charge in [-0.3, -0.25) is 0 Å². The van der Waals surface area contributed by atoms with Crippen LogP contribution in [0, 0.1) is 13.8 Å². The van der Waals surface area contributed by atoms with Crippen molar-refractivity contribution >= 4 is 43.1 Å². The third-order valence-corrected chi connectivity index (χ3v) is 7.21. The second-order valence-corrected chi connectivity index (χ2v) is 9.12. The molecule has 6 aromatic carbocycles. The smallest absolute Gasteiger partial charge is 0.00128 e. The topological polar surface area (TPSA) is 0 Å². The van der Waals surface area contributed by atoms with E-state index >= 15 is 0 Å². The second kappa shape index (κ2) is 5.95. The molecule has 146 valence electrons. The Kier molecular flexibility index (Phi) is 3.28. The fourth-order valence-corrected chi connectivity index (χ4v) is 5.79. The van der Waals surface area contributed by atoms with Crippen LogP contribution in [0.25, 0.3) is 54.2 Å². The second-order valence-electron chi connectivity index (χ2n) is 9.12. The summed E-state index contributed by atoms with van der Waals surface area (Å²) >= 11 is 0. The predicted octanol–water partition coefficient (Wildman–Crippen LogP) is 8.49. The molecule has 0 amide bonds. The zero-order valence-electron chi connectivity index (χ0n) is 17.8. The summed E-state index contributed by atoms with van der Waals surface area (Å²) in [7, 11) is 0. The van der Waals surface area contributed by atoms with E-state index in [4.69, 9.17) is 0 Å². The van der Waals surface area contributed by atoms with Gasteiger partial charge in [-0.15, -0.1) is 0 Å². The Labute approximate surface area is 181 Å². The molecular formula is C31H22. The number of hydrogen-bond acceptors (Lipinski definition) is 0. The van der Waals surface area contributed by atoms with Crippen molar-refractivity contribution in [1.29, 1.82) is 0 Å². The molecule has 0 heterocycles. The van der Waals surface area contributed by atoms with E-state index < -0.39 is 0 Å². The first kappa shape index (κ1) is 17.1. The lowest BCUT2D eigenvalue weighted by molar-refractivity contribution is 1.25. The van der Waals surface area contributed by atoms with Crippen LogP contribution < -0.4 is 0 Å². The Balaban J connectivity index is 1.67. The summed E-state index contributed by atoms with van der Waals surface area (Å²) < 4.78 is 0. The van der Waals surface area contributed by atoms with Crippen LogP contribution in [0.2, 0.25) is 0 Å². The van der Waals surface area contributed by atoms with E-state index in [1.54, 1.807) is 0 Å². The molecule has 0 bridgehead atoms. The molecule has 0 heteroatoms. The molecule has 0 aliphatic heterocycles. The van der Waals surface area contributed by atoms with Crippen molar-refractivity contribution < 1.29 is 0 Å². The van der Waals surface area contributed by atoms with Gasteiger partial charge in [0.15, 0.2) is 0 Å². The average molecular weight is 395 g/mol. The molecule has 0 fully saturated rings. The normalized spacial score (nSPS) is 12.7. The molecular weight excluding hydrogens is 372 g/mol. The molecule has 0 spiro atoms. The van der Waals surface area contributed by atoms with Crippen LogP contribution in [0.3, 0.4) is 0 Å². The van der Waals surface area contributed by atoms with Gasteiger partial charge in [-0.25, -0.2) is 0 Å². The molecule has 6 aromatic rings. The summed E-state index contributed by atoms with van der Waals surface area (Å²) in [4.78, 5) is 0. The summed E-state index contributed by atoms with van der Waals surface area (Å²) in [6, 6.07) is 31.9. The maximum absolute atomic E-state index is 2.43. The van der Waals surface area contributed by atoms with E-state index in [2.05, 4.69) is 98.8 Å². The first-order valence-corrected chi connectivity index (χ1v) is 11.1. The maximum atomic E-state index is 2.43. The number of benzene rings is 6. The molecule has 0 N–H and O–H groups in total. The molecule has 0 radical (unpaired) electrons. The van der Waals surface area contributed by atoms with E-state index in [1.807, 2.05) is 0 Å². The van der Waals surface area contributed by atoms with E-state index in [1.165, 1.54) is 76.5 Å². The maximum Gasteiger partial charge on any atom is -0.00128 e. The van der Waals surface area contributed by atoms with Gasteiger partial charge in [-0.05, 0) is 121 Å². The Morgan fingerprint density at radius 3 is 1.19 bits per heavy atom. The monoisotopic (exact) mass is 394 g/mol. The van der Waals surface area contributed by atoms with Crippen molar-refractivity contribution in [3.8, 4) is 11.1 Å². The lowest BCUT2D eigenvalue weighted by atomic mass is 9.89. The van der Waals surface area contributed by atoms with Crippen LogP contribution >= 0.6 is 0 Å². The van der Waals surface area contributed by atoms with Crippen LogP contribution in [-0.4, -0.2) is 0 Å². The molecule has 0 unspecified atom stereocenters. The summed E-state index contributed by atoms with van der Waals surface area (Å²) in [5, 5.41) is 10.8. The fourth-order valence-electron chi connectivity index (χ4n) is 5.79. The van der Waals surface area contributed by atoms with Gasteiger partial charge in [0.2, 0.25) is 0 Å². The van der Waals surface area contributed by atoms with Crippen LogP contribution in [0.15, 0.2) is 84.9 Å². The Hall–Kier alpha value is -3.64. The minimum absolute atomic E-state index is 1.03. The highest BCUT2D eigenvalue weighted by Gasteiger charge is 2.25. The summed E-state index contributed by atoms with van der Waals surface area (Å²) in [5.74, 6) is 0. The molecule has 1 aliphatic carbocycles. The van der Waals surface area contributed by atoms with E-state index in [-0.39, 0.29) is 0 Å². The minimum Gasteiger partial charge on any atom is -0.0616 e. The van der Waals surface area contributed by atoms with Gasteiger partial charge >= 0.3 is 0 Å². The Bertz CT molecular complexity index is 1590. The lowest BCUT2D eigenvalue weighted by Gasteiger charge is -2.15. The molecule has 1 aliphatic rings. The number of aryl methyl sites for hydroxylation is 2. The van der Waals surface area contributed by atoms with E-state index in [9.17, 15) is 0 Å². The van der Waals surface area contributed by atoms with Gasteiger partial charge in [0.25, 0.3) is 0 Å². The van der Waals surface area contributed by atoms with Crippen molar-refractivity contribution in [2.75, 3.05) is 0 Å². The highest BCUT2D eigenvalue weighted by atomic mass is 14.3. The van der Waals surface area contributed by atoms with Crippen LogP contribution in [0.1, 0.15) is 22.3 Å². The predicted molar refractivity (Wildman–Crippen MR) is 134 cm³/mol. The van der Waals surface area contributed by atoms with Gasteiger partial charge in [0.05, 0.1) is 0 Å². The fraction of sp³-hybridized carbons (Fsp3) is 0.0968. The highest BCUT2D eigenvalue weighted by Crippen LogP contribution is 2.48. The molecule has 0 saturated heterocycles. The van der Waals surface area contributed by atoms with Crippen molar-refractivity contribution in [2.45, 2.75) is 20.3 Å². The highest BCUT2D eigenvalue weighted by molar-refractivity contribution is 6.15. The van der Waals surface area contributed by atoms with E-state index in [0.29, 0.717) is 0 Å². The first-order valence-electron chi connectivity index (χ1n) is 11.1. The van der Waals surface area contributed by atoms with Crippen LogP contribution in [0.5, 0.6) is 0 Å². The zero-order chi connectivity index (χ0) is 20.7. The van der Waals surface area contributed by atoms with Crippen molar-refractivity contribution in [2.24, 2.45) is 0 Å². The van der Waals surface area contributed by atoms with Gasteiger partial charge in [0.1, 0.15) is 0 Å². The van der Waals surface area contributed by atoms with Gasteiger partial charge in [0, 0.05) is 0 Å². The summed E-state index contributed by atoms with van der Waals surface area (Å²) in [6.07, 6.45) is 1.03. The Morgan fingerprint density at radius 2 is 0.806 bits per heavy atom. The van der Waals surface area contributed by atoms with Crippen LogP contribution in [-0.2, 0) is 6.42 Å². The number of fused-ring (bicyclic) bond motifs is 9. The van der Waals surface area contributed by atoms with Crippen molar-refractivity contribution in [1.82, 2.24) is 0 Å². The molecule has 31 heavy (non-hydrogen) atoms. The minimum atomic E-state index is 1.03. The molecule has 0 atom stereocenters. The third kappa shape index (κ3) is 2.31. The largest absolute Gasteiger partial charge is 0.0616 e. The molecule has 0 nitrogen and oxygen atoms in total. The average Bonchev–Trinajstić information content (AvgIpc) is 3.15. The van der Waals surface area contributed by atoms with Crippen molar-refractivity contribution in [3.63, 3.8) is 0 Å². The van der Waals surface area contributed by atoms with E-state index in [0.717, 1.165) is 6.42 Å². The lowest BCUT2D eigenvalue weighted by Crippen LogP contribution is -1.89. The summed E-state index contributed by atoms with van der Waals surface area (Å²) in [6.45, 7) is 4.52. The number of rotatable bonds is 0. The number of hydrogen-bond donors (Lipinski definition) is 0. The van der Waals surface area contributed by atoms with Gasteiger partial charge in [-0.2, -0.15) is 0 Å². The Morgan fingerprint density at radius 1 is 0.452 bits per heavy atom. The molecule has 0 saturated carbocycles. The van der Waals surface area contributed by atoms with Crippen LogP contribution in [0.4, 0.5) is 0 Å². The van der Waals surface area contributed by atoms with Crippen molar-refractivity contribution in [3.05, 3.63) is 107 Å².